The number of nitrogens with zero attached hydrogens (tertiary/aromatic N) is 1. The lowest BCUT2D eigenvalue weighted by molar-refractivity contribution is -0.182. The van der Waals surface area contributed by atoms with Crippen molar-refractivity contribution in [2.45, 2.75) is 23.9 Å². The third-order valence-corrected chi connectivity index (χ3v) is 5.20. The second-order valence-corrected chi connectivity index (χ2v) is 6.55. The molecule has 0 saturated carbocycles. The van der Waals surface area contributed by atoms with Gasteiger partial charge in [0.2, 0.25) is 15.6 Å². The summed E-state index contributed by atoms with van der Waals surface area (Å²) in [4.78, 5) is 13.0. The topological polar surface area (TPSA) is 70.2 Å². The van der Waals surface area contributed by atoms with Crippen LogP contribution < -0.4 is 5.56 Å². The van der Waals surface area contributed by atoms with Gasteiger partial charge in [-0.05, 0) is 18.9 Å². The van der Waals surface area contributed by atoms with Crippen LogP contribution in [0.1, 0.15) is 12.8 Å². The van der Waals surface area contributed by atoms with Crippen LogP contribution in [0.25, 0.3) is 0 Å². The van der Waals surface area contributed by atoms with E-state index in [0.717, 1.165) is 22.6 Å². The first-order chi connectivity index (χ1) is 9.21. The normalized spacial score (nSPS) is 19.1. The van der Waals surface area contributed by atoms with Crippen LogP contribution in [0.4, 0.5) is 13.2 Å². The molecule has 1 aliphatic rings. The Morgan fingerprint density at radius 2 is 1.80 bits per heavy atom. The van der Waals surface area contributed by atoms with Gasteiger partial charge in [-0.15, -0.1) is 0 Å². The number of hydrogen-bond donors (Lipinski definition) is 1. The van der Waals surface area contributed by atoms with Gasteiger partial charge in [0.25, 0.3) is 0 Å². The van der Waals surface area contributed by atoms with Gasteiger partial charge in [-0.1, -0.05) is 0 Å². The number of piperidine rings is 1. The second-order valence-electron chi connectivity index (χ2n) is 4.61. The molecule has 5 nitrogen and oxygen atoms in total. The summed E-state index contributed by atoms with van der Waals surface area (Å²) in [5.41, 5.74) is -0.445. The van der Waals surface area contributed by atoms with E-state index in [-0.39, 0.29) is 30.8 Å². The van der Waals surface area contributed by atoms with Gasteiger partial charge in [0.05, 0.1) is 10.8 Å². The van der Waals surface area contributed by atoms with Crippen molar-refractivity contribution in [3.05, 3.63) is 28.7 Å². The molecule has 1 aliphatic heterocycles. The van der Waals surface area contributed by atoms with E-state index < -0.39 is 27.7 Å². The second kappa shape index (κ2) is 5.21. The molecule has 9 heteroatoms. The van der Waals surface area contributed by atoms with Gasteiger partial charge in [0, 0.05) is 25.4 Å². The molecule has 0 amide bonds. The van der Waals surface area contributed by atoms with Gasteiger partial charge in [0.1, 0.15) is 0 Å². The Kier molecular flexibility index (Phi) is 3.92. The van der Waals surface area contributed by atoms with Crippen molar-refractivity contribution in [3.63, 3.8) is 0 Å². The number of sulfonamides is 1. The minimum atomic E-state index is -4.28. The predicted molar refractivity (Wildman–Crippen MR) is 64.6 cm³/mol. The van der Waals surface area contributed by atoms with Gasteiger partial charge in [-0.3, -0.25) is 4.79 Å². The number of H-pyrrole nitrogens is 1. The highest BCUT2D eigenvalue weighted by atomic mass is 32.2. The molecule has 0 unspecified atom stereocenters. The van der Waals surface area contributed by atoms with Crippen molar-refractivity contribution in [1.82, 2.24) is 9.29 Å². The molecule has 1 N–H and O–H groups in total. The van der Waals surface area contributed by atoms with E-state index in [4.69, 9.17) is 0 Å². The molecule has 0 aliphatic carbocycles. The number of alkyl halides is 3. The fraction of sp³-hybridized carbons (Fsp3) is 0.545. The number of aromatic amines is 1. The quantitative estimate of drug-likeness (QED) is 0.896. The molecule has 20 heavy (non-hydrogen) atoms. The van der Waals surface area contributed by atoms with Crippen LogP contribution in [0.15, 0.2) is 28.0 Å². The van der Waals surface area contributed by atoms with E-state index >= 15 is 0 Å². The molecule has 2 heterocycles. The first-order valence-electron chi connectivity index (χ1n) is 5.97. The SMILES string of the molecule is O=c1ccc(S(=O)(=O)N2CCC(C(F)(F)F)CC2)c[nH]1. The lowest BCUT2D eigenvalue weighted by Gasteiger charge is -2.32. The van der Waals surface area contributed by atoms with Crippen LogP contribution in [0, 0.1) is 5.92 Å². The third-order valence-electron chi connectivity index (χ3n) is 3.31. The number of rotatable bonds is 2. The zero-order chi connectivity index (χ0) is 15.0. The smallest absolute Gasteiger partial charge is 0.328 e. The lowest BCUT2D eigenvalue weighted by Crippen LogP contribution is -2.42. The monoisotopic (exact) mass is 310 g/mol. The standard InChI is InChI=1S/C11H13F3N2O3S/c12-11(13,14)8-3-5-16(6-4-8)20(18,19)9-1-2-10(17)15-7-9/h1-2,7-8H,3-6H2,(H,15,17). The number of halogens is 3. The average Bonchev–Trinajstić information content (AvgIpc) is 2.38. The van der Waals surface area contributed by atoms with E-state index in [0.29, 0.717) is 0 Å². The molecule has 2 rings (SSSR count). The molecule has 1 aromatic heterocycles. The van der Waals surface area contributed by atoms with Crippen LogP contribution in [0.2, 0.25) is 0 Å². The van der Waals surface area contributed by atoms with Crippen LogP contribution in [0.3, 0.4) is 0 Å². The largest absolute Gasteiger partial charge is 0.391 e. The average molecular weight is 310 g/mol. The van der Waals surface area contributed by atoms with Gasteiger partial charge >= 0.3 is 6.18 Å². The molecule has 112 valence electrons. The van der Waals surface area contributed by atoms with Gasteiger partial charge in [-0.2, -0.15) is 17.5 Å². The summed E-state index contributed by atoms with van der Waals surface area (Å²) < 4.78 is 62.9. The molecule has 0 radical (unpaired) electrons. The summed E-state index contributed by atoms with van der Waals surface area (Å²) in [5, 5.41) is 0. The number of hydrogen-bond acceptors (Lipinski definition) is 3. The van der Waals surface area contributed by atoms with E-state index in [9.17, 15) is 26.4 Å². The van der Waals surface area contributed by atoms with Crippen molar-refractivity contribution in [1.29, 1.82) is 0 Å². The molecule has 0 spiro atoms. The zero-order valence-corrected chi connectivity index (χ0v) is 11.2. The number of pyridine rings is 1. The fourth-order valence-electron chi connectivity index (χ4n) is 2.13. The molecule has 0 atom stereocenters. The maximum Gasteiger partial charge on any atom is 0.391 e. The molecule has 1 saturated heterocycles. The van der Waals surface area contributed by atoms with Crippen molar-refractivity contribution < 1.29 is 21.6 Å². The van der Waals surface area contributed by atoms with E-state index in [1.807, 2.05) is 0 Å². The number of aromatic nitrogens is 1. The third kappa shape index (κ3) is 3.04. The van der Waals surface area contributed by atoms with Crippen LogP contribution in [0.5, 0.6) is 0 Å². The molecule has 0 aromatic carbocycles. The molecule has 1 aromatic rings. The Balaban J connectivity index is 2.13. The van der Waals surface area contributed by atoms with Crippen LogP contribution in [-0.4, -0.2) is 37.0 Å². The summed E-state index contributed by atoms with van der Waals surface area (Å²) in [7, 11) is -3.85. The van der Waals surface area contributed by atoms with Crippen molar-refractivity contribution in [2.75, 3.05) is 13.1 Å². The maximum atomic E-state index is 12.5. The Labute approximate surface area is 113 Å². The highest BCUT2D eigenvalue weighted by molar-refractivity contribution is 7.89. The molecular weight excluding hydrogens is 297 g/mol. The Morgan fingerprint density at radius 1 is 1.20 bits per heavy atom. The van der Waals surface area contributed by atoms with Crippen molar-refractivity contribution in [3.8, 4) is 0 Å². The van der Waals surface area contributed by atoms with Crippen LogP contribution in [-0.2, 0) is 10.0 Å². The van der Waals surface area contributed by atoms with Gasteiger partial charge in [-0.25, -0.2) is 8.42 Å². The fourth-order valence-corrected chi connectivity index (χ4v) is 3.57. The highest BCUT2D eigenvalue weighted by Gasteiger charge is 2.43. The van der Waals surface area contributed by atoms with E-state index in [1.165, 1.54) is 0 Å². The van der Waals surface area contributed by atoms with Gasteiger partial charge in [0.15, 0.2) is 0 Å². The molecule has 0 bridgehead atoms. The predicted octanol–water partition coefficient (Wildman–Crippen LogP) is 1.34. The summed E-state index contributed by atoms with van der Waals surface area (Å²) in [6, 6.07) is 2.21. The summed E-state index contributed by atoms with van der Waals surface area (Å²) >= 11 is 0. The Hall–Kier alpha value is -1.35. The number of nitrogens with one attached hydrogen (secondary N) is 1. The highest BCUT2D eigenvalue weighted by Crippen LogP contribution is 2.35. The molecular formula is C11H13F3N2O3S. The van der Waals surface area contributed by atoms with Gasteiger partial charge < -0.3 is 4.98 Å². The Morgan fingerprint density at radius 3 is 2.25 bits per heavy atom. The first-order valence-corrected chi connectivity index (χ1v) is 7.41. The van der Waals surface area contributed by atoms with Crippen LogP contribution >= 0.6 is 0 Å². The van der Waals surface area contributed by atoms with Crippen molar-refractivity contribution in [2.24, 2.45) is 5.92 Å². The zero-order valence-electron chi connectivity index (χ0n) is 10.4. The molecule has 1 fully saturated rings. The van der Waals surface area contributed by atoms with E-state index in [2.05, 4.69) is 4.98 Å². The summed E-state index contributed by atoms with van der Waals surface area (Å²) in [5.74, 6) is -1.45. The van der Waals surface area contributed by atoms with E-state index in [1.54, 1.807) is 0 Å². The minimum absolute atomic E-state index is 0.123. The minimum Gasteiger partial charge on any atom is -0.328 e. The summed E-state index contributed by atoms with van der Waals surface area (Å²) in [6.45, 7) is -0.350. The van der Waals surface area contributed by atoms with Crippen molar-refractivity contribution >= 4 is 10.0 Å². The maximum absolute atomic E-state index is 12.5. The lowest BCUT2D eigenvalue weighted by atomic mass is 9.98. The first kappa shape index (κ1) is 15.0. The Bertz CT molecular complexity index is 611. The summed E-state index contributed by atoms with van der Waals surface area (Å²) in [6.07, 6.45) is -3.72.